The highest BCUT2D eigenvalue weighted by Gasteiger charge is 2.07. The molecule has 0 spiro atoms. The summed E-state index contributed by atoms with van der Waals surface area (Å²) in [5.74, 6) is 2.56. The molecule has 0 aromatic carbocycles. The van der Waals surface area contributed by atoms with E-state index in [4.69, 9.17) is 0 Å². The lowest BCUT2D eigenvalue weighted by molar-refractivity contribution is 0.368. The summed E-state index contributed by atoms with van der Waals surface area (Å²) < 4.78 is 0. The van der Waals surface area contributed by atoms with Crippen LogP contribution in [-0.4, -0.2) is 0 Å². The van der Waals surface area contributed by atoms with E-state index < -0.39 is 0 Å². The Bertz CT molecular complexity index is 94.2. The van der Waals surface area contributed by atoms with E-state index in [1.54, 1.807) is 0 Å². The maximum Gasteiger partial charge on any atom is -0.0389 e. The molecule has 0 heterocycles. The van der Waals surface area contributed by atoms with Crippen molar-refractivity contribution < 1.29 is 0 Å². The van der Waals surface area contributed by atoms with Crippen LogP contribution >= 0.6 is 0 Å². The second-order valence-corrected chi connectivity index (χ2v) is 4.46. The van der Waals surface area contributed by atoms with Crippen molar-refractivity contribution in [2.45, 2.75) is 53.9 Å². The molecule has 0 aromatic rings. The zero-order chi connectivity index (χ0) is 9.56. The first kappa shape index (κ1) is 12.0. The topological polar surface area (TPSA) is 0 Å². The summed E-state index contributed by atoms with van der Waals surface area (Å²) in [5.41, 5.74) is 0. The molecule has 0 aromatic heterocycles. The molecule has 73 valence electrons. The molecule has 0 fully saturated rings. The van der Waals surface area contributed by atoms with Crippen LogP contribution in [0.2, 0.25) is 0 Å². The molecular weight excluding hydrogens is 144 g/mol. The van der Waals surface area contributed by atoms with Gasteiger partial charge >= 0.3 is 0 Å². The summed E-state index contributed by atoms with van der Waals surface area (Å²) in [6, 6.07) is 0. The summed E-state index contributed by atoms with van der Waals surface area (Å²) in [6.07, 6.45) is 6.47. The van der Waals surface area contributed by atoms with Crippen LogP contribution < -0.4 is 0 Å². The van der Waals surface area contributed by atoms with Crippen LogP contribution in [0.5, 0.6) is 0 Å². The first-order valence-electron chi connectivity index (χ1n) is 5.37. The largest absolute Gasteiger partial charge is 0.0625 e. The first-order chi connectivity index (χ1) is 5.57. The molecule has 2 atom stereocenters. The monoisotopic (exact) mass is 169 g/mol. The van der Waals surface area contributed by atoms with Crippen LogP contribution in [0.15, 0.2) is 0 Å². The van der Waals surface area contributed by atoms with E-state index in [9.17, 15) is 0 Å². The van der Waals surface area contributed by atoms with Gasteiger partial charge in [0, 0.05) is 0 Å². The van der Waals surface area contributed by atoms with Crippen molar-refractivity contribution in [3.8, 4) is 0 Å². The normalized spacial score (nSPS) is 16.5. The molecule has 12 heavy (non-hydrogen) atoms. The summed E-state index contributed by atoms with van der Waals surface area (Å²) in [5, 5.41) is 0. The average Bonchev–Trinajstić information content (AvgIpc) is 2.03. The number of rotatable bonds is 6. The lowest BCUT2D eigenvalue weighted by atomic mass is 9.90. The highest BCUT2D eigenvalue weighted by molar-refractivity contribution is 4.67. The molecule has 0 aliphatic heterocycles. The van der Waals surface area contributed by atoms with E-state index in [1.807, 2.05) is 0 Å². The predicted octanol–water partition coefficient (Wildman–Crippen LogP) is 4.31. The third kappa shape index (κ3) is 5.62. The van der Waals surface area contributed by atoms with Crippen LogP contribution in [0.3, 0.4) is 0 Å². The molecule has 0 saturated carbocycles. The van der Waals surface area contributed by atoms with E-state index >= 15 is 0 Å². The minimum Gasteiger partial charge on any atom is -0.0625 e. The van der Waals surface area contributed by atoms with E-state index in [0.29, 0.717) is 0 Å². The Morgan fingerprint density at radius 3 is 2.00 bits per heavy atom. The molecule has 0 saturated heterocycles. The lowest BCUT2D eigenvalue weighted by Crippen LogP contribution is -2.04. The van der Waals surface area contributed by atoms with Crippen LogP contribution in [0.4, 0.5) is 0 Å². The molecule has 0 N–H and O–H groups in total. The van der Waals surface area contributed by atoms with Crippen LogP contribution in [0, 0.1) is 24.2 Å². The fourth-order valence-corrected chi connectivity index (χ4v) is 1.26. The van der Waals surface area contributed by atoms with E-state index in [2.05, 4.69) is 41.0 Å². The van der Waals surface area contributed by atoms with Gasteiger partial charge in [-0.2, -0.15) is 0 Å². The van der Waals surface area contributed by atoms with Gasteiger partial charge in [0.25, 0.3) is 0 Å². The fourth-order valence-electron chi connectivity index (χ4n) is 1.26. The first-order valence-corrected chi connectivity index (χ1v) is 5.37. The minimum atomic E-state index is 0.810. The molecule has 0 heteroatoms. The summed E-state index contributed by atoms with van der Waals surface area (Å²) >= 11 is 0. The maximum absolute atomic E-state index is 2.37. The van der Waals surface area contributed by atoms with E-state index in [0.717, 1.165) is 17.8 Å². The van der Waals surface area contributed by atoms with E-state index in [-0.39, 0.29) is 0 Å². The highest BCUT2D eigenvalue weighted by atomic mass is 14.1. The Labute approximate surface area is 78.8 Å². The zero-order valence-electron chi connectivity index (χ0n) is 9.43. The van der Waals surface area contributed by atoms with Gasteiger partial charge in [0.05, 0.1) is 0 Å². The molecular formula is C12H25. The Morgan fingerprint density at radius 1 is 1.00 bits per heavy atom. The Morgan fingerprint density at radius 2 is 1.58 bits per heavy atom. The van der Waals surface area contributed by atoms with Crippen LogP contribution in [0.1, 0.15) is 53.9 Å². The number of hydrogen-bond donors (Lipinski definition) is 0. The Kier molecular flexibility index (Phi) is 6.51. The summed E-state index contributed by atoms with van der Waals surface area (Å²) in [6.45, 7) is 11.5. The van der Waals surface area contributed by atoms with Crippen molar-refractivity contribution in [2.24, 2.45) is 17.8 Å². The summed E-state index contributed by atoms with van der Waals surface area (Å²) in [4.78, 5) is 0. The van der Waals surface area contributed by atoms with Crippen molar-refractivity contribution in [3.05, 3.63) is 6.42 Å². The van der Waals surface area contributed by atoms with Gasteiger partial charge in [-0.05, 0) is 24.2 Å². The smallest absolute Gasteiger partial charge is 0.0389 e. The molecule has 0 rings (SSSR count). The highest BCUT2D eigenvalue weighted by Crippen LogP contribution is 2.19. The molecule has 0 amide bonds. The summed E-state index contributed by atoms with van der Waals surface area (Å²) in [7, 11) is 0. The quantitative estimate of drug-likeness (QED) is 0.556. The SMILES string of the molecule is C[CH]C(C)CCCC(C)C(C)C. The van der Waals surface area contributed by atoms with Crippen LogP contribution in [0.25, 0.3) is 0 Å². The van der Waals surface area contributed by atoms with E-state index in [1.165, 1.54) is 19.3 Å². The van der Waals surface area contributed by atoms with Crippen molar-refractivity contribution in [3.63, 3.8) is 0 Å². The Balaban J connectivity index is 3.30. The van der Waals surface area contributed by atoms with Gasteiger partial charge in [0.2, 0.25) is 0 Å². The van der Waals surface area contributed by atoms with Gasteiger partial charge in [-0.25, -0.2) is 0 Å². The third-order valence-corrected chi connectivity index (χ3v) is 3.03. The van der Waals surface area contributed by atoms with Crippen molar-refractivity contribution in [2.75, 3.05) is 0 Å². The second-order valence-electron chi connectivity index (χ2n) is 4.46. The minimum absolute atomic E-state index is 0.810. The van der Waals surface area contributed by atoms with Gasteiger partial charge < -0.3 is 0 Å². The zero-order valence-corrected chi connectivity index (χ0v) is 9.43. The maximum atomic E-state index is 2.37. The van der Waals surface area contributed by atoms with Gasteiger partial charge in [-0.1, -0.05) is 53.9 Å². The average molecular weight is 169 g/mol. The fraction of sp³-hybridized carbons (Fsp3) is 0.917. The second kappa shape index (κ2) is 6.51. The van der Waals surface area contributed by atoms with Gasteiger partial charge in [-0.3, -0.25) is 0 Å². The molecule has 0 nitrogen and oxygen atoms in total. The van der Waals surface area contributed by atoms with Crippen molar-refractivity contribution in [1.29, 1.82) is 0 Å². The van der Waals surface area contributed by atoms with Gasteiger partial charge in [0.1, 0.15) is 0 Å². The molecule has 0 bridgehead atoms. The van der Waals surface area contributed by atoms with Gasteiger partial charge in [-0.15, -0.1) is 0 Å². The van der Waals surface area contributed by atoms with Crippen molar-refractivity contribution >= 4 is 0 Å². The third-order valence-electron chi connectivity index (χ3n) is 3.03. The molecule has 0 aliphatic carbocycles. The van der Waals surface area contributed by atoms with Crippen molar-refractivity contribution in [1.82, 2.24) is 0 Å². The standard InChI is InChI=1S/C12H25/c1-6-11(4)8-7-9-12(5)10(2)3/h6,10-12H,7-9H2,1-5H3. The van der Waals surface area contributed by atoms with Crippen LogP contribution in [-0.2, 0) is 0 Å². The molecule has 2 unspecified atom stereocenters. The predicted molar refractivity (Wildman–Crippen MR) is 57.0 cm³/mol. The molecule has 0 aliphatic rings. The molecule has 1 radical (unpaired) electrons. The number of hydrogen-bond acceptors (Lipinski definition) is 0. The van der Waals surface area contributed by atoms with Gasteiger partial charge in [0.15, 0.2) is 0 Å². The lowest BCUT2D eigenvalue weighted by Gasteiger charge is -2.16. The Hall–Kier alpha value is 0.